The Labute approximate surface area is 55.5 Å². The summed E-state index contributed by atoms with van der Waals surface area (Å²) < 4.78 is 10.3. The lowest BCUT2D eigenvalue weighted by atomic mass is 10.3. The Kier molecular flexibility index (Phi) is 2.11. The van der Waals surface area contributed by atoms with E-state index in [1.165, 1.54) is 0 Å². The van der Waals surface area contributed by atoms with Crippen LogP contribution < -0.4 is 0 Å². The fourth-order valence-corrected chi connectivity index (χ4v) is 0.613. The van der Waals surface area contributed by atoms with Gasteiger partial charge in [-0.3, -0.25) is 0 Å². The van der Waals surface area contributed by atoms with E-state index < -0.39 is 0 Å². The Balaban J connectivity index is 2.16. The molecular formula is C7H12O2. The van der Waals surface area contributed by atoms with E-state index in [0.29, 0.717) is 6.10 Å². The van der Waals surface area contributed by atoms with Crippen LogP contribution in [0.2, 0.25) is 0 Å². The number of rotatable bonds is 2. The molecule has 0 aromatic rings. The molecule has 0 aromatic carbocycles. The first-order valence-electron chi connectivity index (χ1n) is 3.20. The predicted octanol–water partition coefficient (Wildman–Crippen LogP) is 1.33. The Morgan fingerprint density at radius 3 is 2.67 bits per heavy atom. The van der Waals surface area contributed by atoms with Crippen molar-refractivity contribution in [2.75, 3.05) is 13.2 Å². The zero-order valence-electron chi connectivity index (χ0n) is 5.89. The van der Waals surface area contributed by atoms with Gasteiger partial charge in [-0.05, 0) is 19.9 Å². The number of allylic oxidation sites excluding steroid dienone is 2. The minimum absolute atomic E-state index is 0.321. The first-order chi connectivity index (χ1) is 4.33. The number of ether oxygens (including phenoxy) is 2. The molecule has 0 atom stereocenters. The molecule has 0 amide bonds. The SMILES string of the molecule is CC=C(C)OC1COC1. The van der Waals surface area contributed by atoms with E-state index in [-0.39, 0.29) is 0 Å². The maximum absolute atomic E-state index is 5.37. The molecule has 0 unspecified atom stereocenters. The van der Waals surface area contributed by atoms with Crippen molar-refractivity contribution in [1.29, 1.82) is 0 Å². The average molecular weight is 128 g/mol. The smallest absolute Gasteiger partial charge is 0.145 e. The number of hydrogen-bond acceptors (Lipinski definition) is 2. The summed E-state index contributed by atoms with van der Waals surface area (Å²) in [5, 5.41) is 0. The maximum Gasteiger partial charge on any atom is 0.145 e. The monoisotopic (exact) mass is 128 g/mol. The Morgan fingerprint density at radius 2 is 2.33 bits per heavy atom. The van der Waals surface area contributed by atoms with Gasteiger partial charge in [0.05, 0.1) is 19.0 Å². The lowest BCUT2D eigenvalue weighted by Crippen LogP contribution is -2.35. The fraction of sp³-hybridized carbons (Fsp3) is 0.714. The lowest BCUT2D eigenvalue weighted by Gasteiger charge is -2.26. The van der Waals surface area contributed by atoms with Gasteiger partial charge in [0.25, 0.3) is 0 Å². The molecule has 0 aromatic heterocycles. The summed E-state index contributed by atoms with van der Waals surface area (Å²) in [4.78, 5) is 0. The minimum atomic E-state index is 0.321. The molecule has 0 saturated carbocycles. The van der Waals surface area contributed by atoms with E-state index in [4.69, 9.17) is 9.47 Å². The van der Waals surface area contributed by atoms with Crippen LogP contribution >= 0.6 is 0 Å². The van der Waals surface area contributed by atoms with Crippen LogP contribution in [-0.2, 0) is 9.47 Å². The molecule has 52 valence electrons. The van der Waals surface area contributed by atoms with Crippen molar-refractivity contribution in [3.05, 3.63) is 11.8 Å². The topological polar surface area (TPSA) is 18.5 Å². The van der Waals surface area contributed by atoms with Gasteiger partial charge in [0.1, 0.15) is 6.10 Å². The summed E-state index contributed by atoms with van der Waals surface area (Å²) >= 11 is 0. The van der Waals surface area contributed by atoms with Crippen LogP contribution in [-0.4, -0.2) is 19.3 Å². The van der Waals surface area contributed by atoms with Crippen LogP contribution in [0.5, 0.6) is 0 Å². The number of hydrogen-bond donors (Lipinski definition) is 0. The predicted molar refractivity (Wildman–Crippen MR) is 35.1 cm³/mol. The molecular weight excluding hydrogens is 116 g/mol. The molecule has 1 saturated heterocycles. The van der Waals surface area contributed by atoms with E-state index in [2.05, 4.69) is 0 Å². The largest absolute Gasteiger partial charge is 0.491 e. The van der Waals surface area contributed by atoms with Gasteiger partial charge in [0, 0.05) is 0 Å². The molecule has 0 aliphatic carbocycles. The van der Waals surface area contributed by atoms with Crippen LogP contribution in [0.3, 0.4) is 0 Å². The maximum atomic E-state index is 5.37. The molecule has 0 bridgehead atoms. The van der Waals surface area contributed by atoms with Crippen LogP contribution in [0.4, 0.5) is 0 Å². The third-order valence-electron chi connectivity index (χ3n) is 1.37. The second kappa shape index (κ2) is 2.87. The summed E-state index contributed by atoms with van der Waals surface area (Å²) in [5.74, 6) is 0.989. The van der Waals surface area contributed by atoms with Gasteiger partial charge in [-0.15, -0.1) is 0 Å². The molecule has 1 heterocycles. The van der Waals surface area contributed by atoms with Crippen LogP contribution in [0.15, 0.2) is 11.8 Å². The summed E-state index contributed by atoms with van der Waals surface area (Å²) in [6, 6.07) is 0. The van der Waals surface area contributed by atoms with Crippen molar-refractivity contribution < 1.29 is 9.47 Å². The molecule has 9 heavy (non-hydrogen) atoms. The van der Waals surface area contributed by atoms with Crippen molar-refractivity contribution in [3.63, 3.8) is 0 Å². The van der Waals surface area contributed by atoms with Gasteiger partial charge >= 0.3 is 0 Å². The third kappa shape index (κ3) is 1.72. The van der Waals surface area contributed by atoms with Gasteiger partial charge in [-0.1, -0.05) is 0 Å². The first-order valence-corrected chi connectivity index (χ1v) is 3.20. The quantitative estimate of drug-likeness (QED) is 0.522. The molecule has 2 nitrogen and oxygen atoms in total. The second-order valence-electron chi connectivity index (χ2n) is 2.18. The van der Waals surface area contributed by atoms with E-state index in [1.54, 1.807) is 0 Å². The highest BCUT2D eigenvalue weighted by atomic mass is 16.6. The normalized spacial score (nSPS) is 21.3. The third-order valence-corrected chi connectivity index (χ3v) is 1.37. The first kappa shape index (κ1) is 6.62. The van der Waals surface area contributed by atoms with Crippen LogP contribution in [0.1, 0.15) is 13.8 Å². The summed E-state index contributed by atoms with van der Waals surface area (Å²) in [7, 11) is 0. The van der Waals surface area contributed by atoms with Crippen LogP contribution in [0, 0.1) is 0 Å². The van der Waals surface area contributed by atoms with E-state index in [9.17, 15) is 0 Å². The highest BCUT2D eigenvalue weighted by Crippen LogP contribution is 2.09. The van der Waals surface area contributed by atoms with Gasteiger partial charge in [-0.2, -0.15) is 0 Å². The van der Waals surface area contributed by atoms with Crippen molar-refractivity contribution in [2.45, 2.75) is 20.0 Å². The van der Waals surface area contributed by atoms with E-state index >= 15 is 0 Å². The molecule has 1 aliphatic rings. The summed E-state index contributed by atoms with van der Waals surface area (Å²) in [5.41, 5.74) is 0. The molecule has 1 aliphatic heterocycles. The highest BCUT2D eigenvalue weighted by molar-refractivity contribution is 4.86. The van der Waals surface area contributed by atoms with E-state index in [0.717, 1.165) is 19.0 Å². The Bertz CT molecular complexity index is 114. The Morgan fingerprint density at radius 1 is 1.67 bits per heavy atom. The van der Waals surface area contributed by atoms with Gasteiger partial charge in [0.15, 0.2) is 0 Å². The molecule has 0 spiro atoms. The van der Waals surface area contributed by atoms with Crippen molar-refractivity contribution >= 4 is 0 Å². The minimum Gasteiger partial charge on any atom is -0.491 e. The zero-order valence-corrected chi connectivity index (χ0v) is 5.89. The second-order valence-corrected chi connectivity index (χ2v) is 2.18. The summed E-state index contributed by atoms with van der Waals surface area (Å²) in [6.07, 6.45) is 2.28. The summed E-state index contributed by atoms with van der Waals surface area (Å²) in [6.45, 7) is 5.43. The van der Waals surface area contributed by atoms with E-state index in [1.807, 2.05) is 19.9 Å². The molecule has 0 radical (unpaired) electrons. The molecule has 1 fully saturated rings. The standard InChI is InChI=1S/C7H12O2/c1-3-6(2)9-7-4-8-5-7/h3,7H,4-5H2,1-2H3. The lowest BCUT2D eigenvalue weighted by molar-refractivity contribution is -0.107. The van der Waals surface area contributed by atoms with Crippen molar-refractivity contribution in [3.8, 4) is 0 Å². The molecule has 1 rings (SSSR count). The van der Waals surface area contributed by atoms with Crippen LogP contribution in [0.25, 0.3) is 0 Å². The highest BCUT2D eigenvalue weighted by Gasteiger charge is 2.19. The molecule has 2 heteroatoms. The molecule has 0 N–H and O–H groups in total. The Hall–Kier alpha value is -0.500. The van der Waals surface area contributed by atoms with Gasteiger partial charge < -0.3 is 9.47 Å². The van der Waals surface area contributed by atoms with Gasteiger partial charge in [-0.25, -0.2) is 0 Å². The fourth-order valence-electron chi connectivity index (χ4n) is 0.613. The zero-order chi connectivity index (χ0) is 6.69. The van der Waals surface area contributed by atoms with Crippen molar-refractivity contribution in [1.82, 2.24) is 0 Å². The average Bonchev–Trinajstić information content (AvgIpc) is 1.78. The van der Waals surface area contributed by atoms with Crippen molar-refractivity contribution in [2.24, 2.45) is 0 Å². The van der Waals surface area contributed by atoms with Gasteiger partial charge in [0.2, 0.25) is 0 Å².